The van der Waals surface area contributed by atoms with Gasteiger partial charge in [0.2, 0.25) is 0 Å². The predicted octanol–water partition coefficient (Wildman–Crippen LogP) is 3.52. The molecule has 1 heterocycles. The molecule has 1 aliphatic carbocycles. The van der Waals surface area contributed by atoms with E-state index in [1.165, 1.54) is 25.7 Å². The van der Waals surface area contributed by atoms with Gasteiger partial charge in [0.15, 0.2) is 0 Å². The van der Waals surface area contributed by atoms with Crippen LogP contribution < -0.4 is 5.32 Å². The molecule has 0 aliphatic heterocycles. The lowest BCUT2D eigenvalue weighted by molar-refractivity contribution is 0.181. The molecular formula is C16H27N3O. The van der Waals surface area contributed by atoms with Crippen molar-refractivity contribution in [2.75, 3.05) is 19.0 Å². The van der Waals surface area contributed by atoms with Crippen LogP contribution >= 0.6 is 0 Å². The second-order valence-electron chi connectivity index (χ2n) is 6.76. The van der Waals surface area contributed by atoms with Gasteiger partial charge in [0, 0.05) is 25.1 Å². The van der Waals surface area contributed by atoms with E-state index < -0.39 is 0 Å². The maximum atomic E-state index is 5.20. The summed E-state index contributed by atoms with van der Waals surface area (Å²) in [5.74, 6) is 2.72. The Kier molecular flexibility index (Phi) is 4.97. The van der Waals surface area contributed by atoms with E-state index in [1.54, 1.807) is 7.11 Å². The molecule has 1 aromatic rings. The van der Waals surface area contributed by atoms with Gasteiger partial charge in [0.25, 0.3) is 0 Å². The zero-order valence-electron chi connectivity index (χ0n) is 13.2. The van der Waals surface area contributed by atoms with Crippen molar-refractivity contribution in [1.82, 2.24) is 9.97 Å². The standard InChI is InChI=1S/C16H27N3O/c1-16(2,3)15-18-13(11-20-4)10-14(19-15)17-9-8-12-6-5-7-12/h10,12H,5-9,11H2,1-4H3,(H,17,18,19). The number of nitrogens with one attached hydrogen (secondary N) is 1. The molecule has 0 radical (unpaired) electrons. The number of ether oxygens (including phenoxy) is 1. The van der Waals surface area contributed by atoms with Crippen molar-refractivity contribution < 1.29 is 4.74 Å². The highest BCUT2D eigenvalue weighted by Crippen LogP contribution is 2.29. The fraction of sp³-hybridized carbons (Fsp3) is 0.750. The number of anilines is 1. The molecule has 0 saturated heterocycles. The van der Waals surface area contributed by atoms with Gasteiger partial charge in [-0.1, -0.05) is 40.0 Å². The Morgan fingerprint density at radius 3 is 2.60 bits per heavy atom. The number of hydrogen-bond donors (Lipinski definition) is 1. The van der Waals surface area contributed by atoms with Crippen LogP contribution in [0.3, 0.4) is 0 Å². The van der Waals surface area contributed by atoms with E-state index in [2.05, 4.69) is 36.1 Å². The normalized spacial score (nSPS) is 16.0. The number of hydrogen-bond acceptors (Lipinski definition) is 4. The van der Waals surface area contributed by atoms with Crippen molar-refractivity contribution in [2.24, 2.45) is 5.92 Å². The minimum Gasteiger partial charge on any atom is -0.378 e. The first-order valence-electron chi connectivity index (χ1n) is 7.60. The quantitative estimate of drug-likeness (QED) is 0.864. The summed E-state index contributed by atoms with van der Waals surface area (Å²) >= 11 is 0. The highest BCUT2D eigenvalue weighted by molar-refractivity contribution is 5.36. The van der Waals surface area contributed by atoms with Gasteiger partial charge in [-0.25, -0.2) is 9.97 Å². The lowest BCUT2D eigenvalue weighted by Gasteiger charge is -2.25. The molecule has 4 heteroatoms. The first kappa shape index (κ1) is 15.2. The molecule has 1 saturated carbocycles. The van der Waals surface area contributed by atoms with Crippen LogP contribution in [0.1, 0.15) is 58.0 Å². The summed E-state index contributed by atoms with van der Waals surface area (Å²) in [6.45, 7) is 7.94. The highest BCUT2D eigenvalue weighted by atomic mass is 16.5. The third-order valence-electron chi connectivity index (χ3n) is 3.83. The maximum absolute atomic E-state index is 5.20. The van der Waals surface area contributed by atoms with Crippen molar-refractivity contribution in [3.05, 3.63) is 17.6 Å². The van der Waals surface area contributed by atoms with Gasteiger partial charge < -0.3 is 10.1 Å². The number of rotatable bonds is 6. The molecule has 0 atom stereocenters. The third kappa shape index (κ3) is 4.17. The van der Waals surface area contributed by atoms with Crippen molar-refractivity contribution in [2.45, 2.75) is 58.5 Å². The maximum Gasteiger partial charge on any atom is 0.136 e. The van der Waals surface area contributed by atoms with Crippen LogP contribution in [0, 0.1) is 5.92 Å². The SMILES string of the molecule is COCc1cc(NCCC2CCC2)nc(C(C)(C)C)n1. The molecule has 1 N–H and O–H groups in total. The number of aromatic nitrogens is 2. The monoisotopic (exact) mass is 277 g/mol. The molecule has 2 rings (SSSR count). The van der Waals surface area contributed by atoms with E-state index >= 15 is 0 Å². The molecule has 4 nitrogen and oxygen atoms in total. The molecule has 0 unspecified atom stereocenters. The fourth-order valence-corrected chi connectivity index (χ4v) is 2.33. The zero-order chi connectivity index (χ0) is 14.6. The first-order chi connectivity index (χ1) is 9.49. The van der Waals surface area contributed by atoms with Gasteiger partial charge in [-0.3, -0.25) is 0 Å². The zero-order valence-corrected chi connectivity index (χ0v) is 13.2. The van der Waals surface area contributed by atoms with Gasteiger partial charge >= 0.3 is 0 Å². The van der Waals surface area contributed by atoms with E-state index in [4.69, 9.17) is 4.74 Å². The van der Waals surface area contributed by atoms with E-state index in [0.29, 0.717) is 6.61 Å². The summed E-state index contributed by atoms with van der Waals surface area (Å²) in [6.07, 6.45) is 5.44. The van der Waals surface area contributed by atoms with Gasteiger partial charge in [-0.05, 0) is 12.3 Å². The molecule has 1 aromatic heterocycles. The Balaban J connectivity index is 2.03. The summed E-state index contributed by atoms with van der Waals surface area (Å²) < 4.78 is 5.20. The smallest absolute Gasteiger partial charge is 0.136 e. The van der Waals surface area contributed by atoms with Crippen LogP contribution in [0.15, 0.2) is 6.07 Å². The molecule has 0 amide bonds. The molecule has 0 bridgehead atoms. The molecule has 0 spiro atoms. The van der Waals surface area contributed by atoms with Crippen LogP contribution in [0.5, 0.6) is 0 Å². The summed E-state index contributed by atoms with van der Waals surface area (Å²) in [6, 6.07) is 2.00. The number of nitrogens with zero attached hydrogens (tertiary/aromatic N) is 2. The number of methoxy groups -OCH3 is 1. The lowest BCUT2D eigenvalue weighted by atomic mass is 9.83. The molecular weight excluding hydrogens is 250 g/mol. The minimum absolute atomic E-state index is 0.0475. The molecule has 0 aromatic carbocycles. The Hall–Kier alpha value is -1.16. The van der Waals surface area contributed by atoms with Gasteiger partial charge in [-0.15, -0.1) is 0 Å². The molecule has 20 heavy (non-hydrogen) atoms. The Morgan fingerprint density at radius 1 is 1.30 bits per heavy atom. The highest BCUT2D eigenvalue weighted by Gasteiger charge is 2.20. The van der Waals surface area contributed by atoms with Crippen molar-refractivity contribution >= 4 is 5.82 Å². The lowest BCUT2D eigenvalue weighted by Crippen LogP contribution is -2.20. The molecule has 1 fully saturated rings. The largest absolute Gasteiger partial charge is 0.378 e. The van der Waals surface area contributed by atoms with E-state index in [0.717, 1.165) is 29.8 Å². The Bertz CT molecular complexity index is 436. The minimum atomic E-state index is -0.0475. The molecule has 112 valence electrons. The average molecular weight is 277 g/mol. The Morgan fingerprint density at radius 2 is 2.05 bits per heavy atom. The summed E-state index contributed by atoms with van der Waals surface area (Å²) in [5, 5.41) is 3.45. The Labute approximate surface area is 122 Å². The van der Waals surface area contributed by atoms with Crippen molar-refractivity contribution in [3.63, 3.8) is 0 Å². The average Bonchev–Trinajstić information content (AvgIpc) is 2.31. The van der Waals surface area contributed by atoms with Crippen LogP contribution in [-0.4, -0.2) is 23.6 Å². The van der Waals surface area contributed by atoms with Crippen LogP contribution in [0.4, 0.5) is 5.82 Å². The van der Waals surface area contributed by atoms with Crippen LogP contribution in [-0.2, 0) is 16.8 Å². The summed E-state index contributed by atoms with van der Waals surface area (Å²) in [5.41, 5.74) is 0.896. The van der Waals surface area contributed by atoms with Crippen LogP contribution in [0.2, 0.25) is 0 Å². The predicted molar refractivity (Wildman–Crippen MR) is 81.9 cm³/mol. The topological polar surface area (TPSA) is 47.0 Å². The second kappa shape index (κ2) is 6.53. The van der Waals surface area contributed by atoms with Gasteiger partial charge in [0.1, 0.15) is 11.6 Å². The van der Waals surface area contributed by atoms with Crippen molar-refractivity contribution in [3.8, 4) is 0 Å². The molecule has 1 aliphatic rings. The van der Waals surface area contributed by atoms with E-state index in [1.807, 2.05) is 6.07 Å². The summed E-state index contributed by atoms with van der Waals surface area (Å²) in [7, 11) is 1.70. The first-order valence-corrected chi connectivity index (χ1v) is 7.60. The van der Waals surface area contributed by atoms with Crippen LogP contribution in [0.25, 0.3) is 0 Å². The van der Waals surface area contributed by atoms with Crippen molar-refractivity contribution in [1.29, 1.82) is 0 Å². The second-order valence-corrected chi connectivity index (χ2v) is 6.76. The van der Waals surface area contributed by atoms with E-state index in [9.17, 15) is 0 Å². The summed E-state index contributed by atoms with van der Waals surface area (Å²) in [4.78, 5) is 9.24. The van der Waals surface area contributed by atoms with Gasteiger partial charge in [-0.2, -0.15) is 0 Å². The fourth-order valence-electron chi connectivity index (χ4n) is 2.33. The van der Waals surface area contributed by atoms with E-state index in [-0.39, 0.29) is 5.41 Å². The third-order valence-corrected chi connectivity index (χ3v) is 3.83. The van der Waals surface area contributed by atoms with Gasteiger partial charge in [0.05, 0.1) is 12.3 Å².